The van der Waals surface area contributed by atoms with Crippen molar-refractivity contribution in [2.75, 3.05) is 13.6 Å². The van der Waals surface area contributed by atoms with Crippen LogP contribution in [0.15, 0.2) is 23.6 Å². The van der Waals surface area contributed by atoms with Crippen LogP contribution < -0.4 is 0 Å². The fourth-order valence-electron chi connectivity index (χ4n) is 1.60. The third kappa shape index (κ3) is 3.41. The second-order valence-corrected chi connectivity index (χ2v) is 7.40. The number of rotatable bonds is 7. The summed E-state index contributed by atoms with van der Waals surface area (Å²) in [6.45, 7) is 5.72. The first-order valence-electron chi connectivity index (χ1n) is 5.71. The minimum absolute atomic E-state index is 0.124. The Labute approximate surface area is 113 Å². The molecule has 1 N–H and O–H groups in total. The fraction of sp³-hybridized carbons (Fsp3) is 0.500. The van der Waals surface area contributed by atoms with Crippen molar-refractivity contribution in [1.82, 2.24) is 4.31 Å². The van der Waals surface area contributed by atoms with E-state index in [1.165, 1.54) is 15.6 Å². The van der Waals surface area contributed by atoms with E-state index in [2.05, 4.69) is 6.58 Å². The molecule has 0 aliphatic carbocycles. The molecule has 1 aromatic heterocycles. The van der Waals surface area contributed by atoms with Crippen LogP contribution in [0.1, 0.15) is 22.6 Å². The molecule has 6 heteroatoms. The molecule has 1 rings (SSSR count). The molecule has 1 heterocycles. The van der Waals surface area contributed by atoms with Gasteiger partial charge in [0, 0.05) is 23.3 Å². The van der Waals surface area contributed by atoms with E-state index in [0.29, 0.717) is 16.3 Å². The number of allylic oxidation sites excluding steroid dienone is 1. The smallest absolute Gasteiger partial charge is 0.243 e. The lowest BCUT2D eigenvalue weighted by Gasteiger charge is -2.16. The molecule has 0 spiro atoms. The highest BCUT2D eigenvalue weighted by molar-refractivity contribution is 7.89. The lowest BCUT2D eigenvalue weighted by molar-refractivity contribution is 0.285. The first-order chi connectivity index (χ1) is 8.43. The Bertz CT molecular complexity index is 505. The van der Waals surface area contributed by atoms with Gasteiger partial charge < -0.3 is 5.11 Å². The van der Waals surface area contributed by atoms with Crippen LogP contribution in [-0.4, -0.2) is 31.4 Å². The lowest BCUT2D eigenvalue weighted by Crippen LogP contribution is -2.28. The number of sulfonamides is 1. The second-order valence-electron chi connectivity index (χ2n) is 4.05. The topological polar surface area (TPSA) is 57.6 Å². The van der Waals surface area contributed by atoms with Gasteiger partial charge in [-0.25, -0.2) is 12.7 Å². The van der Waals surface area contributed by atoms with Crippen LogP contribution in [0.5, 0.6) is 0 Å². The van der Waals surface area contributed by atoms with E-state index in [1.54, 1.807) is 26.1 Å². The number of thiophene rings is 1. The average molecular weight is 289 g/mol. The second kappa shape index (κ2) is 6.47. The molecule has 18 heavy (non-hydrogen) atoms. The van der Waals surface area contributed by atoms with Gasteiger partial charge >= 0.3 is 0 Å². The highest BCUT2D eigenvalue weighted by Crippen LogP contribution is 2.27. The molecule has 0 radical (unpaired) electrons. The van der Waals surface area contributed by atoms with Crippen LogP contribution in [0.3, 0.4) is 0 Å². The van der Waals surface area contributed by atoms with Crippen LogP contribution in [0.25, 0.3) is 0 Å². The van der Waals surface area contributed by atoms with E-state index < -0.39 is 10.0 Å². The van der Waals surface area contributed by atoms with Crippen LogP contribution >= 0.6 is 11.3 Å². The summed E-state index contributed by atoms with van der Waals surface area (Å²) in [4.78, 5) is 1.69. The van der Waals surface area contributed by atoms with Gasteiger partial charge in [0.25, 0.3) is 0 Å². The third-order valence-corrected chi connectivity index (χ3v) is 5.80. The minimum Gasteiger partial charge on any atom is -0.391 e. The maximum Gasteiger partial charge on any atom is 0.243 e. The van der Waals surface area contributed by atoms with E-state index in [-0.39, 0.29) is 6.61 Å². The Hall–Kier alpha value is -0.690. The largest absolute Gasteiger partial charge is 0.391 e. The van der Waals surface area contributed by atoms with Crippen molar-refractivity contribution in [3.8, 4) is 0 Å². The van der Waals surface area contributed by atoms with Gasteiger partial charge in [-0.2, -0.15) is 0 Å². The molecule has 0 atom stereocenters. The average Bonchev–Trinajstić information content (AvgIpc) is 2.71. The molecule has 4 nitrogen and oxygen atoms in total. The van der Waals surface area contributed by atoms with Crippen molar-refractivity contribution >= 4 is 21.4 Å². The normalized spacial score (nSPS) is 12.0. The van der Waals surface area contributed by atoms with Gasteiger partial charge in [0.2, 0.25) is 10.0 Å². The molecule has 0 aliphatic heterocycles. The van der Waals surface area contributed by atoms with E-state index >= 15 is 0 Å². The Balaban J connectivity index is 2.90. The van der Waals surface area contributed by atoms with Gasteiger partial charge in [-0.3, -0.25) is 0 Å². The predicted molar refractivity (Wildman–Crippen MR) is 74.2 cm³/mol. The van der Waals surface area contributed by atoms with Crippen LogP contribution in [0, 0.1) is 6.92 Å². The van der Waals surface area contributed by atoms with Crippen molar-refractivity contribution < 1.29 is 13.5 Å². The summed E-state index contributed by atoms with van der Waals surface area (Å²) in [7, 11) is -1.86. The summed E-state index contributed by atoms with van der Waals surface area (Å²) in [6.07, 6.45) is 3.33. The molecule has 1 aromatic rings. The maximum atomic E-state index is 12.3. The maximum absolute atomic E-state index is 12.3. The summed E-state index contributed by atoms with van der Waals surface area (Å²) >= 11 is 1.31. The Morgan fingerprint density at radius 2 is 2.22 bits per heavy atom. The van der Waals surface area contributed by atoms with E-state index in [9.17, 15) is 8.42 Å². The summed E-state index contributed by atoms with van der Waals surface area (Å²) < 4.78 is 26.0. The van der Waals surface area contributed by atoms with Crippen LogP contribution in [0.2, 0.25) is 0 Å². The fourth-order valence-corrected chi connectivity index (χ4v) is 4.27. The molecule has 0 aromatic carbocycles. The summed E-state index contributed by atoms with van der Waals surface area (Å²) in [5.74, 6) is 0. The summed E-state index contributed by atoms with van der Waals surface area (Å²) in [5.41, 5.74) is 0. The Kier molecular flexibility index (Phi) is 5.52. The van der Waals surface area contributed by atoms with Crippen LogP contribution in [0.4, 0.5) is 0 Å². The van der Waals surface area contributed by atoms with E-state index in [4.69, 9.17) is 5.11 Å². The van der Waals surface area contributed by atoms with E-state index in [0.717, 1.165) is 17.7 Å². The van der Waals surface area contributed by atoms with Gasteiger partial charge in [-0.15, -0.1) is 17.9 Å². The SMILES string of the molecule is C=CCCCN(C)S(=O)(=O)c1cc(CO)sc1C. The first-order valence-corrected chi connectivity index (χ1v) is 7.96. The summed E-state index contributed by atoms with van der Waals surface area (Å²) in [6, 6.07) is 1.55. The zero-order valence-corrected chi connectivity index (χ0v) is 12.4. The molecule has 0 saturated carbocycles. The Morgan fingerprint density at radius 1 is 1.56 bits per heavy atom. The Morgan fingerprint density at radius 3 is 2.72 bits per heavy atom. The van der Waals surface area contributed by atoms with Crippen molar-refractivity contribution in [3.05, 3.63) is 28.5 Å². The van der Waals surface area contributed by atoms with E-state index in [1.807, 2.05) is 0 Å². The number of aliphatic hydroxyl groups excluding tert-OH is 1. The van der Waals surface area contributed by atoms with Crippen LogP contribution in [-0.2, 0) is 16.6 Å². The zero-order chi connectivity index (χ0) is 13.8. The van der Waals surface area contributed by atoms with Gasteiger partial charge in [0.05, 0.1) is 11.5 Å². The molecule has 0 fully saturated rings. The number of aryl methyl sites for hydroxylation is 1. The highest BCUT2D eigenvalue weighted by Gasteiger charge is 2.24. The molecule has 0 amide bonds. The number of nitrogens with zero attached hydrogens (tertiary/aromatic N) is 1. The molecular weight excluding hydrogens is 270 g/mol. The highest BCUT2D eigenvalue weighted by atomic mass is 32.2. The number of hydrogen-bond donors (Lipinski definition) is 1. The van der Waals surface area contributed by atoms with Gasteiger partial charge in [0.1, 0.15) is 0 Å². The van der Waals surface area contributed by atoms with Crippen molar-refractivity contribution in [1.29, 1.82) is 0 Å². The molecule has 0 bridgehead atoms. The van der Waals surface area contributed by atoms with Gasteiger partial charge in [-0.05, 0) is 25.8 Å². The molecule has 102 valence electrons. The van der Waals surface area contributed by atoms with Crippen molar-refractivity contribution in [2.24, 2.45) is 0 Å². The van der Waals surface area contributed by atoms with Crippen molar-refractivity contribution in [3.63, 3.8) is 0 Å². The quantitative estimate of drug-likeness (QED) is 0.618. The molecule has 0 aliphatic rings. The standard InChI is InChI=1S/C12H19NO3S2/c1-4-5-6-7-13(3)18(15,16)12-8-11(9-14)17-10(12)2/h4,8,14H,1,5-7,9H2,2-3H3. The number of unbranched alkanes of at least 4 members (excludes halogenated alkanes) is 1. The molecular formula is C12H19NO3S2. The van der Waals surface area contributed by atoms with Gasteiger partial charge in [-0.1, -0.05) is 6.08 Å². The zero-order valence-electron chi connectivity index (χ0n) is 10.7. The monoisotopic (exact) mass is 289 g/mol. The summed E-state index contributed by atoms with van der Waals surface area (Å²) in [5, 5.41) is 9.04. The predicted octanol–water partition coefficient (Wildman–Crippen LogP) is 2.14. The molecule has 0 unspecified atom stereocenters. The van der Waals surface area contributed by atoms with Crippen molar-refractivity contribution in [2.45, 2.75) is 31.3 Å². The molecule has 0 saturated heterocycles. The third-order valence-electron chi connectivity index (χ3n) is 2.65. The minimum atomic E-state index is -3.44. The first kappa shape index (κ1) is 15.4. The lowest BCUT2D eigenvalue weighted by atomic mass is 10.3. The number of hydrogen-bond acceptors (Lipinski definition) is 4. The van der Waals surface area contributed by atoms with Gasteiger partial charge in [0.15, 0.2) is 0 Å². The number of aliphatic hydroxyl groups is 1.